The van der Waals surface area contributed by atoms with Crippen LogP contribution in [0.1, 0.15) is 30.3 Å². The van der Waals surface area contributed by atoms with Gasteiger partial charge in [0.2, 0.25) is 0 Å². The molecule has 1 aliphatic rings. The van der Waals surface area contributed by atoms with Gasteiger partial charge in [0.25, 0.3) is 11.7 Å². The molecule has 5 heteroatoms. The maximum absolute atomic E-state index is 13.2. The highest BCUT2D eigenvalue weighted by molar-refractivity contribution is 6.43. The molecule has 2 aromatic heterocycles. The minimum Gasteiger partial charge on any atom is -0.336 e. The van der Waals surface area contributed by atoms with Crippen molar-refractivity contribution in [3.63, 3.8) is 0 Å². The monoisotopic (exact) mass is 380 g/mol. The van der Waals surface area contributed by atoms with E-state index in [1.807, 2.05) is 42.6 Å². The Morgan fingerprint density at radius 1 is 1.04 bits per heavy atom. The predicted molar refractivity (Wildman–Crippen MR) is 107 cm³/mol. The molecular formula is C22H21ClN2O2. The number of pyridine rings is 1. The topological polar surface area (TPSA) is 41.8 Å². The van der Waals surface area contributed by atoms with Gasteiger partial charge in [0.1, 0.15) is 5.69 Å². The fourth-order valence-electron chi connectivity index (χ4n) is 3.66. The molecule has 0 spiro atoms. The number of ketones is 1. The number of Topliss-reactive ketones (excluding diaryl/α,β-unsaturated/α-hetero) is 1. The van der Waals surface area contributed by atoms with E-state index in [9.17, 15) is 9.59 Å². The second kappa shape index (κ2) is 7.20. The molecule has 1 aliphatic heterocycles. The minimum atomic E-state index is -0.458. The Morgan fingerprint density at radius 2 is 1.74 bits per heavy atom. The zero-order chi connectivity index (χ0) is 19.0. The Balaban J connectivity index is 1.77. The largest absolute Gasteiger partial charge is 0.336 e. The number of nitrogens with zero attached hydrogens (tertiary/aromatic N) is 2. The van der Waals surface area contributed by atoms with Crippen molar-refractivity contribution < 1.29 is 9.59 Å². The molecule has 0 bridgehead atoms. The molecule has 4 rings (SSSR count). The van der Waals surface area contributed by atoms with Crippen LogP contribution in [-0.2, 0) is 4.79 Å². The van der Waals surface area contributed by atoms with E-state index < -0.39 is 11.7 Å². The van der Waals surface area contributed by atoms with Crippen LogP contribution in [0.3, 0.4) is 0 Å². The van der Waals surface area contributed by atoms with Crippen LogP contribution in [-0.4, -0.2) is 34.1 Å². The summed E-state index contributed by atoms with van der Waals surface area (Å²) >= 11 is 6.01. The number of likely N-dealkylation sites (tertiary alicyclic amines) is 1. The van der Waals surface area contributed by atoms with Crippen LogP contribution < -0.4 is 0 Å². The number of benzene rings is 1. The first-order valence-corrected chi connectivity index (χ1v) is 9.62. The molecule has 27 heavy (non-hydrogen) atoms. The molecule has 1 saturated heterocycles. The number of hydrogen-bond acceptors (Lipinski definition) is 2. The van der Waals surface area contributed by atoms with Crippen molar-refractivity contribution >= 4 is 28.8 Å². The van der Waals surface area contributed by atoms with Gasteiger partial charge in [0, 0.05) is 35.4 Å². The third-order valence-electron chi connectivity index (χ3n) is 5.32. The number of carbonyl (C=O) groups excluding carboxylic acids is 2. The molecule has 3 aromatic rings. The molecule has 138 valence electrons. The molecule has 1 amide bonds. The van der Waals surface area contributed by atoms with Gasteiger partial charge in [-0.25, -0.2) is 0 Å². The van der Waals surface area contributed by atoms with Crippen LogP contribution in [0.15, 0.2) is 54.7 Å². The number of amides is 1. The fourth-order valence-corrected chi connectivity index (χ4v) is 3.79. The molecule has 0 N–H and O–H groups in total. The van der Waals surface area contributed by atoms with Gasteiger partial charge in [-0.15, -0.1) is 0 Å². The van der Waals surface area contributed by atoms with Gasteiger partial charge < -0.3 is 9.30 Å². The predicted octanol–water partition coefficient (Wildman–Crippen LogP) is 4.70. The first-order valence-electron chi connectivity index (χ1n) is 9.24. The Morgan fingerprint density at radius 3 is 2.44 bits per heavy atom. The van der Waals surface area contributed by atoms with Crippen LogP contribution in [0.2, 0.25) is 5.02 Å². The molecule has 0 aliphatic carbocycles. The van der Waals surface area contributed by atoms with E-state index in [-0.39, 0.29) is 0 Å². The smallest absolute Gasteiger partial charge is 0.296 e. The average Bonchev–Trinajstić information content (AvgIpc) is 3.07. The lowest BCUT2D eigenvalue weighted by molar-refractivity contribution is -0.127. The van der Waals surface area contributed by atoms with Crippen molar-refractivity contribution in [2.24, 2.45) is 5.92 Å². The standard InChI is InChI=1S/C22H21ClN2O2/c1-15-9-12-24(13-10-15)22(27)21(26)20-19(16-5-7-17(23)8-6-16)14-18-4-2-3-11-25(18)20/h2-8,11,14-15H,9-10,12-13H2,1H3. The van der Waals surface area contributed by atoms with E-state index in [0.29, 0.717) is 29.7 Å². The van der Waals surface area contributed by atoms with Crippen molar-refractivity contribution in [2.45, 2.75) is 19.8 Å². The maximum Gasteiger partial charge on any atom is 0.296 e. The Bertz CT molecular complexity index is 999. The van der Waals surface area contributed by atoms with Crippen LogP contribution in [0.5, 0.6) is 0 Å². The molecule has 4 nitrogen and oxygen atoms in total. The minimum absolute atomic E-state index is 0.413. The number of halogens is 1. The third kappa shape index (κ3) is 3.37. The number of carbonyl (C=O) groups is 2. The van der Waals surface area contributed by atoms with E-state index in [1.165, 1.54) is 0 Å². The summed E-state index contributed by atoms with van der Waals surface area (Å²) in [5, 5.41) is 0.633. The number of hydrogen-bond donors (Lipinski definition) is 0. The molecular weight excluding hydrogens is 360 g/mol. The van der Waals surface area contributed by atoms with Crippen molar-refractivity contribution in [3.8, 4) is 11.1 Å². The summed E-state index contributed by atoms with van der Waals surface area (Å²) in [4.78, 5) is 27.8. The molecule has 1 aromatic carbocycles. The summed E-state index contributed by atoms with van der Waals surface area (Å²) in [7, 11) is 0. The Kier molecular flexibility index (Phi) is 4.75. The lowest BCUT2D eigenvalue weighted by Crippen LogP contribution is -2.42. The van der Waals surface area contributed by atoms with Crippen molar-refractivity contribution in [3.05, 3.63) is 65.4 Å². The van der Waals surface area contributed by atoms with Gasteiger partial charge in [-0.2, -0.15) is 0 Å². The normalized spacial score (nSPS) is 15.3. The zero-order valence-corrected chi connectivity index (χ0v) is 15.9. The molecule has 3 heterocycles. The average molecular weight is 381 g/mol. The van der Waals surface area contributed by atoms with Gasteiger partial charge >= 0.3 is 0 Å². The third-order valence-corrected chi connectivity index (χ3v) is 5.57. The van der Waals surface area contributed by atoms with E-state index >= 15 is 0 Å². The first-order chi connectivity index (χ1) is 13.0. The van der Waals surface area contributed by atoms with Crippen molar-refractivity contribution in [2.75, 3.05) is 13.1 Å². The molecule has 0 unspecified atom stereocenters. The highest BCUT2D eigenvalue weighted by Gasteiger charge is 2.30. The van der Waals surface area contributed by atoms with Gasteiger partial charge in [0.15, 0.2) is 0 Å². The number of aromatic nitrogens is 1. The van der Waals surface area contributed by atoms with Crippen LogP contribution in [0.25, 0.3) is 16.6 Å². The van der Waals surface area contributed by atoms with Crippen molar-refractivity contribution in [1.82, 2.24) is 9.30 Å². The van der Waals surface area contributed by atoms with E-state index in [1.54, 1.807) is 21.4 Å². The number of fused-ring (bicyclic) bond motifs is 1. The zero-order valence-electron chi connectivity index (χ0n) is 15.2. The summed E-state index contributed by atoms with van der Waals surface area (Å²) in [5.74, 6) is -0.274. The second-order valence-corrected chi connectivity index (χ2v) is 7.65. The van der Waals surface area contributed by atoms with E-state index in [0.717, 1.165) is 29.5 Å². The Labute approximate surface area is 163 Å². The van der Waals surface area contributed by atoms with Gasteiger partial charge in [-0.1, -0.05) is 36.7 Å². The highest BCUT2D eigenvalue weighted by Crippen LogP contribution is 2.30. The van der Waals surface area contributed by atoms with Crippen LogP contribution in [0, 0.1) is 5.92 Å². The number of piperidine rings is 1. The summed E-state index contributed by atoms with van der Waals surface area (Å²) in [5.41, 5.74) is 2.91. The quantitative estimate of drug-likeness (QED) is 0.488. The lowest BCUT2D eigenvalue weighted by atomic mass is 9.98. The molecule has 0 saturated carbocycles. The SMILES string of the molecule is CC1CCN(C(=O)C(=O)c2c(-c3ccc(Cl)cc3)cc3ccccn23)CC1. The summed E-state index contributed by atoms with van der Waals surface area (Å²) < 4.78 is 1.80. The van der Waals surface area contributed by atoms with E-state index in [2.05, 4.69) is 6.92 Å². The van der Waals surface area contributed by atoms with Gasteiger partial charge in [-0.3, -0.25) is 9.59 Å². The summed E-state index contributed by atoms with van der Waals surface area (Å²) in [6, 6.07) is 15.0. The fraction of sp³-hybridized carbons (Fsp3) is 0.273. The molecule has 0 atom stereocenters. The summed E-state index contributed by atoms with van der Waals surface area (Å²) in [6.45, 7) is 3.47. The number of rotatable bonds is 3. The molecule has 0 radical (unpaired) electrons. The summed E-state index contributed by atoms with van der Waals surface area (Å²) in [6.07, 6.45) is 3.71. The van der Waals surface area contributed by atoms with Gasteiger partial charge in [0.05, 0.1) is 0 Å². The lowest BCUT2D eigenvalue weighted by Gasteiger charge is -2.29. The maximum atomic E-state index is 13.2. The first kappa shape index (κ1) is 17.8. The van der Waals surface area contributed by atoms with Crippen LogP contribution >= 0.6 is 11.6 Å². The highest BCUT2D eigenvalue weighted by atomic mass is 35.5. The van der Waals surface area contributed by atoms with Crippen LogP contribution in [0.4, 0.5) is 0 Å². The Hall–Kier alpha value is -2.59. The molecule has 1 fully saturated rings. The van der Waals surface area contributed by atoms with Gasteiger partial charge in [-0.05, 0) is 54.7 Å². The van der Waals surface area contributed by atoms with E-state index in [4.69, 9.17) is 11.6 Å². The van der Waals surface area contributed by atoms with Crippen molar-refractivity contribution in [1.29, 1.82) is 0 Å². The second-order valence-electron chi connectivity index (χ2n) is 7.21.